The Hall–Kier alpha value is -0.730. The number of guanidine groups is 1. The molecule has 0 saturated heterocycles. The van der Waals surface area contributed by atoms with E-state index in [0.717, 1.165) is 5.96 Å². The van der Waals surface area contributed by atoms with Crippen LogP contribution in [0.3, 0.4) is 0 Å². The molecule has 0 aromatic heterocycles. The molecule has 0 amide bonds. The second-order valence-electron chi connectivity index (χ2n) is 7.48. The third-order valence-electron chi connectivity index (χ3n) is 6.36. The third kappa shape index (κ3) is 2.05. The minimum absolute atomic E-state index is 0.704. The Morgan fingerprint density at radius 2 is 0.800 bits per heavy atom. The average Bonchev–Trinajstić information content (AvgIpc) is 2.16. The van der Waals surface area contributed by atoms with Gasteiger partial charge in [-0.25, -0.2) is 0 Å². The Morgan fingerprint density at radius 1 is 0.550 bits per heavy atom. The van der Waals surface area contributed by atoms with Gasteiger partial charge >= 0.3 is 0 Å². The van der Waals surface area contributed by atoms with Crippen LogP contribution in [0.25, 0.3) is 0 Å². The average molecular weight is 275 g/mol. The maximum absolute atomic E-state index is 8.93. The number of rotatable bonds is 4. The summed E-state index contributed by atoms with van der Waals surface area (Å²) in [6.45, 7) is 0. The standard InChI is InChI=1S/C17H29N3/c18-17(19(13-5-1-6-13)14-7-2-8-14)20(15-9-3-10-15)16-11-4-12-16/h13-16,18H,1-12H2. The Labute approximate surface area is 123 Å². The van der Waals surface area contributed by atoms with Gasteiger partial charge in [0.15, 0.2) is 5.96 Å². The second kappa shape index (κ2) is 5.23. The second-order valence-corrected chi connectivity index (χ2v) is 7.48. The van der Waals surface area contributed by atoms with E-state index < -0.39 is 0 Å². The summed E-state index contributed by atoms with van der Waals surface area (Å²) in [6.07, 6.45) is 16.2. The van der Waals surface area contributed by atoms with Gasteiger partial charge in [0.25, 0.3) is 0 Å². The van der Waals surface area contributed by atoms with Crippen LogP contribution in [0.1, 0.15) is 77.0 Å². The summed E-state index contributed by atoms with van der Waals surface area (Å²) >= 11 is 0. The van der Waals surface area contributed by atoms with Crippen molar-refractivity contribution in [3.8, 4) is 0 Å². The first-order chi connectivity index (χ1) is 9.84. The molecule has 4 saturated carbocycles. The SMILES string of the molecule is N=C(N(C1CCC1)C1CCC1)N(C1CCC1)C1CCC1. The van der Waals surface area contributed by atoms with Gasteiger partial charge in [0.2, 0.25) is 0 Å². The molecule has 0 aromatic carbocycles. The molecule has 0 aliphatic heterocycles. The van der Waals surface area contributed by atoms with E-state index in [1.165, 1.54) is 77.0 Å². The molecule has 4 fully saturated rings. The zero-order valence-electron chi connectivity index (χ0n) is 12.7. The molecule has 4 aliphatic carbocycles. The van der Waals surface area contributed by atoms with Crippen molar-refractivity contribution < 1.29 is 0 Å². The van der Waals surface area contributed by atoms with Gasteiger partial charge in [-0.2, -0.15) is 0 Å². The van der Waals surface area contributed by atoms with Crippen LogP contribution in [0.5, 0.6) is 0 Å². The van der Waals surface area contributed by atoms with Crippen molar-refractivity contribution in [2.75, 3.05) is 0 Å². The topological polar surface area (TPSA) is 30.3 Å². The van der Waals surface area contributed by atoms with Crippen molar-refractivity contribution in [3.05, 3.63) is 0 Å². The first-order valence-corrected chi connectivity index (χ1v) is 9.00. The molecule has 0 spiro atoms. The van der Waals surface area contributed by atoms with Crippen LogP contribution in [0.15, 0.2) is 0 Å². The van der Waals surface area contributed by atoms with Gasteiger partial charge in [-0.05, 0) is 77.0 Å². The summed E-state index contributed by atoms with van der Waals surface area (Å²) < 4.78 is 0. The summed E-state index contributed by atoms with van der Waals surface area (Å²) in [5.41, 5.74) is 0. The van der Waals surface area contributed by atoms with Crippen molar-refractivity contribution in [2.24, 2.45) is 0 Å². The molecule has 3 nitrogen and oxygen atoms in total. The van der Waals surface area contributed by atoms with Gasteiger partial charge in [-0.1, -0.05) is 0 Å². The minimum atomic E-state index is 0.704. The number of hydrogen-bond acceptors (Lipinski definition) is 1. The fourth-order valence-electron chi connectivity index (χ4n) is 4.08. The minimum Gasteiger partial charge on any atom is -0.337 e. The lowest BCUT2D eigenvalue weighted by Gasteiger charge is -2.55. The highest BCUT2D eigenvalue weighted by atomic mass is 15.4. The van der Waals surface area contributed by atoms with Gasteiger partial charge in [-0.3, -0.25) is 5.41 Å². The monoisotopic (exact) mass is 275 g/mol. The maximum atomic E-state index is 8.93. The zero-order valence-corrected chi connectivity index (χ0v) is 12.7. The fourth-order valence-corrected chi connectivity index (χ4v) is 4.08. The highest BCUT2D eigenvalue weighted by molar-refractivity contribution is 5.79. The Bertz CT molecular complexity index is 302. The summed E-state index contributed by atoms with van der Waals surface area (Å²) in [6, 6.07) is 2.82. The molecule has 3 heteroatoms. The van der Waals surface area contributed by atoms with Crippen LogP contribution in [0.4, 0.5) is 0 Å². The van der Waals surface area contributed by atoms with E-state index in [-0.39, 0.29) is 0 Å². The molecule has 0 unspecified atom stereocenters. The van der Waals surface area contributed by atoms with Crippen LogP contribution < -0.4 is 0 Å². The zero-order chi connectivity index (χ0) is 13.5. The molecule has 0 bridgehead atoms. The van der Waals surface area contributed by atoms with Crippen molar-refractivity contribution in [1.29, 1.82) is 5.41 Å². The first kappa shape index (κ1) is 13.0. The smallest absolute Gasteiger partial charge is 0.194 e. The van der Waals surface area contributed by atoms with E-state index in [1.807, 2.05) is 0 Å². The lowest BCUT2D eigenvalue weighted by molar-refractivity contribution is 0.0482. The van der Waals surface area contributed by atoms with E-state index in [1.54, 1.807) is 0 Å². The predicted molar refractivity (Wildman–Crippen MR) is 82.0 cm³/mol. The Kier molecular flexibility index (Phi) is 3.39. The molecule has 4 rings (SSSR count). The number of hydrogen-bond donors (Lipinski definition) is 1. The van der Waals surface area contributed by atoms with Gasteiger partial charge in [0, 0.05) is 24.2 Å². The lowest BCUT2D eigenvalue weighted by atomic mass is 9.82. The highest BCUT2D eigenvalue weighted by Gasteiger charge is 2.42. The molecule has 0 radical (unpaired) electrons. The summed E-state index contributed by atoms with van der Waals surface area (Å²) in [7, 11) is 0. The Balaban J connectivity index is 1.51. The number of nitrogens with zero attached hydrogens (tertiary/aromatic N) is 2. The van der Waals surface area contributed by atoms with Crippen LogP contribution in [0, 0.1) is 5.41 Å². The quantitative estimate of drug-likeness (QED) is 0.626. The van der Waals surface area contributed by atoms with Crippen molar-refractivity contribution in [1.82, 2.24) is 9.80 Å². The van der Waals surface area contributed by atoms with Gasteiger partial charge < -0.3 is 9.80 Å². The largest absolute Gasteiger partial charge is 0.337 e. The summed E-state index contributed by atoms with van der Waals surface area (Å²) in [4.78, 5) is 5.12. The Morgan fingerprint density at radius 3 is 0.950 bits per heavy atom. The van der Waals surface area contributed by atoms with E-state index in [9.17, 15) is 0 Å². The van der Waals surface area contributed by atoms with Crippen LogP contribution in [-0.2, 0) is 0 Å². The highest BCUT2D eigenvalue weighted by Crippen LogP contribution is 2.39. The van der Waals surface area contributed by atoms with Crippen LogP contribution >= 0.6 is 0 Å². The maximum Gasteiger partial charge on any atom is 0.194 e. The first-order valence-electron chi connectivity index (χ1n) is 9.00. The van der Waals surface area contributed by atoms with E-state index in [4.69, 9.17) is 5.41 Å². The van der Waals surface area contributed by atoms with Crippen molar-refractivity contribution >= 4 is 5.96 Å². The molecule has 0 heterocycles. The molecule has 1 N–H and O–H groups in total. The molecule has 4 aliphatic rings. The lowest BCUT2D eigenvalue weighted by Crippen LogP contribution is -2.63. The van der Waals surface area contributed by atoms with E-state index in [2.05, 4.69) is 9.80 Å². The van der Waals surface area contributed by atoms with Crippen LogP contribution in [0.2, 0.25) is 0 Å². The number of nitrogens with one attached hydrogen (secondary N) is 1. The summed E-state index contributed by atoms with van der Waals surface area (Å²) in [5.74, 6) is 0.925. The van der Waals surface area contributed by atoms with Gasteiger partial charge in [0.1, 0.15) is 0 Å². The normalized spacial score (nSPS) is 28.0. The molecular formula is C17H29N3. The van der Waals surface area contributed by atoms with Gasteiger partial charge in [-0.15, -0.1) is 0 Å². The molecule has 112 valence electrons. The summed E-state index contributed by atoms with van der Waals surface area (Å²) in [5, 5.41) is 8.93. The molecule has 20 heavy (non-hydrogen) atoms. The van der Waals surface area contributed by atoms with Crippen molar-refractivity contribution in [2.45, 2.75) is 101 Å². The molecule has 0 aromatic rings. The predicted octanol–water partition coefficient (Wildman–Crippen LogP) is 3.74. The van der Waals surface area contributed by atoms with E-state index >= 15 is 0 Å². The molecule has 0 atom stereocenters. The van der Waals surface area contributed by atoms with E-state index in [0.29, 0.717) is 24.2 Å². The molecular weight excluding hydrogens is 246 g/mol. The fraction of sp³-hybridized carbons (Fsp3) is 0.941. The van der Waals surface area contributed by atoms with Crippen LogP contribution in [-0.4, -0.2) is 39.9 Å². The third-order valence-corrected chi connectivity index (χ3v) is 6.36. The van der Waals surface area contributed by atoms with Gasteiger partial charge in [0.05, 0.1) is 0 Å². The van der Waals surface area contributed by atoms with Crippen molar-refractivity contribution in [3.63, 3.8) is 0 Å².